The van der Waals surface area contributed by atoms with Crippen molar-refractivity contribution in [3.8, 4) is 11.5 Å². The molecule has 2 aliphatic rings. The molecule has 31 heavy (non-hydrogen) atoms. The molecule has 1 atom stereocenters. The quantitative estimate of drug-likeness (QED) is 0.583. The third-order valence-corrected chi connectivity index (χ3v) is 6.61. The lowest BCUT2D eigenvalue weighted by molar-refractivity contribution is 0.0691. The Morgan fingerprint density at radius 2 is 1.68 bits per heavy atom. The molecular formula is C26H29N3O2. The molecule has 0 spiro atoms. The number of piperidine rings is 1. The summed E-state index contributed by atoms with van der Waals surface area (Å²) in [6.07, 6.45) is 6.09. The Labute approximate surface area is 183 Å². The van der Waals surface area contributed by atoms with Crippen molar-refractivity contribution in [2.24, 2.45) is 5.92 Å². The Bertz CT molecular complexity index is 1030. The fraction of sp³-hybridized carbons (Fsp3) is 0.385. The van der Waals surface area contributed by atoms with Crippen LogP contribution in [-0.4, -0.2) is 33.4 Å². The van der Waals surface area contributed by atoms with Crippen molar-refractivity contribution in [1.29, 1.82) is 0 Å². The summed E-state index contributed by atoms with van der Waals surface area (Å²) in [7, 11) is 0. The number of aryl methyl sites for hydroxylation is 1. The first-order chi connectivity index (χ1) is 15.2. The van der Waals surface area contributed by atoms with Gasteiger partial charge in [0.25, 0.3) is 5.91 Å². The van der Waals surface area contributed by atoms with Crippen molar-refractivity contribution in [1.82, 2.24) is 14.5 Å². The molecular weight excluding hydrogens is 386 g/mol. The number of benzene rings is 2. The second kappa shape index (κ2) is 8.58. The monoisotopic (exact) mass is 415 g/mol. The van der Waals surface area contributed by atoms with Crippen LogP contribution in [0.4, 0.5) is 0 Å². The zero-order chi connectivity index (χ0) is 21.2. The Kier molecular flexibility index (Phi) is 5.49. The average molecular weight is 416 g/mol. The van der Waals surface area contributed by atoms with Gasteiger partial charge in [0.15, 0.2) is 0 Å². The molecule has 1 amide bonds. The highest BCUT2D eigenvalue weighted by molar-refractivity contribution is 5.92. The van der Waals surface area contributed by atoms with E-state index in [1.54, 1.807) is 0 Å². The summed E-state index contributed by atoms with van der Waals surface area (Å²) < 4.78 is 8.10. The van der Waals surface area contributed by atoms with Gasteiger partial charge in [-0.2, -0.15) is 0 Å². The third kappa shape index (κ3) is 4.36. The number of imidazole rings is 1. The molecule has 0 N–H and O–H groups in total. The summed E-state index contributed by atoms with van der Waals surface area (Å²) in [6, 6.07) is 18.2. The van der Waals surface area contributed by atoms with Gasteiger partial charge in [0, 0.05) is 38.2 Å². The Morgan fingerprint density at radius 1 is 0.968 bits per heavy atom. The molecule has 1 saturated heterocycles. The lowest BCUT2D eigenvalue weighted by Gasteiger charge is -2.29. The number of nitrogens with zero attached hydrogens (tertiary/aromatic N) is 3. The van der Waals surface area contributed by atoms with Crippen molar-refractivity contribution >= 4 is 5.91 Å². The van der Waals surface area contributed by atoms with Gasteiger partial charge in [0.05, 0.1) is 0 Å². The number of fused-ring (bicyclic) bond motifs is 1. The summed E-state index contributed by atoms with van der Waals surface area (Å²) in [6.45, 7) is 4.83. The molecule has 5 rings (SSSR count). The van der Waals surface area contributed by atoms with E-state index in [0.717, 1.165) is 62.6 Å². The first-order valence-electron chi connectivity index (χ1n) is 11.3. The van der Waals surface area contributed by atoms with E-state index in [1.807, 2.05) is 53.6 Å². The molecule has 0 bridgehead atoms. The minimum atomic E-state index is 0.0905. The fourth-order valence-corrected chi connectivity index (χ4v) is 4.63. The zero-order valence-electron chi connectivity index (χ0n) is 18.0. The predicted molar refractivity (Wildman–Crippen MR) is 121 cm³/mol. The second-order valence-electron chi connectivity index (χ2n) is 8.89. The number of aromatic nitrogens is 2. The van der Waals surface area contributed by atoms with E-state index in [9.17, 15) is 4.79 Å². The molecule has 0 saturated carbocycles. The summed E-state index contributed by atoms with van der Waals surface area (Å²) in [5.41, 5.74) is 1.91. The molecule has 5 heteroatoms. The summed E-state index contributed by atoms with van der Waals surface area (Å²) in [4.78, 5) is 19.6. The van der Waals surface area contributed by atoms with Crippen LogP contribution in [0.2, 0.25) is 0 Å². The van der Waals surface area contributed by atoms with Crippen molar-refractivity contribution < 1.29 is 9.53 Å². The van der Waals surface area contributed by atoms with E-state index in [4.69, 9.17) is 4.74 Å². The minimum Gasteiger partial charge on any atom is -0.457 e. The van der Waals surface area contributed by atoms with Crippen LogP contribution in [0.3, 0.4) is 0 Å². The van der Waals surface area contributed by atoms with Gasteiger partial charge in [0.1, 0.15) is 23.0 Å². The maximum atomic E-state index is 12.9. The molecule has 0 unspecified atom stereocenters. The normalized spacial score (nSPS) is 19.1. The Morgan fingerprint density at radius 3 is 2.42 bits per heavy atom. The molecule has 3 heterocycles. The molecule has 1 aromatic heterocycles. The van der Waals surface area contributed by atoms with Crippen LogP contribution in [0, 0.1) is 5.92 Å². The molecule has 3 aromatic rings. The van der Waals surface area contributed by atoms with Gasteiger partial charge < -0.3 is 14.2 Å². The number of likely N-dealkylation sites (tertiary alicyclic amines) is 1. The van der Waals surface area contributed by atoms with E-state index in [2.05, 4.69) is 28.6 Å². The molecule has 0 radical (unpaired) electrons. The maximum absolute atomic E-state index is 12.9. The molecule has 2 aromatic carbocycles. The number of carbonyl (C=O) groups excluding carboxylic acids is 1. The molecule has 0 aliphatic carbocycles. The van der Waals surface area contributed by atoms with E-state index in [0.29, 0.717) is 17.5 Å². The van der Waals surface area contributed by atoms with Crippen molar-refractivity contribution in [3.63, 3.8) is 0 Å². The highest BCUT2D eigenvalue weighted by Gasteiger charge is 2.27. The topological polar surface area (TPSA) is 47.4 Å². The van der Waals surface area contributed by atoms with Crippen LogP contribution in [0.1, 0.15) is 54.0 Å². The molecule has 1 fully saturated rings. The van der Waals surface area contributed by atoms with E-state index < -0.39 is 0 Å². The largest absolute Gasteiger partial charge is 0.457 e. The number of amides is 1. The summed E-state index contributed by atoms with van der Waals surface area (Å²) in [5, 5.41) is 0. The summed E-state index contributed by atoms with van der Waals surface area (Å²) in [5.74, 6) is 3.95. The van der Waals surface area contributed by atoms with Crippen molar-refractivity contribution in [3.05, 3.63) is 77.9 Å². The van der Waals surface area contributed by atoms with Crippen molar-refractivity contribution in [2.45, 2.75) is 45.1 Å². The van der Waals surface area contributed by atoms with Crippen molar-refractivity contribution in [2.75, 3.05) is 13.1 Å². The molecule has 160 valence electrons. The minimum absolute atomic E-state index is 0.0905. The predicted octanol–water partition coefficient (Wildman–Crippen LogP) is 5.28. The van der Waals surface area contributed by atoms with E-state index in [1.165, 1.54) is 5.56 Å². The van der Waals surface area contributed by atoms with Gasteiger partial charge in [-0.1, -0.05) is 37.3 Å². The average Bonchev–Trinajstić information content (AvgIpc) is 3.24. The van der Waals surface area contributed by atoms with Crippen LogP contribution in [0.25, 0.3) is 0 Å². The fourth-order valence-electron chi connectivity index (χ4n) is 4.63. The van der Waals surface area contributed by atoms with Gasteiger partial charge in [0.2, 0.25) is 0 Å². The highest BCUT2D eigenvalue weighted by Crippen LogP contribution is 2.31. The first-order valence-corrected chi connectivity index (χ1v) is 11.3. The number of rotatable bonds is 4. The van der Waals surface area contributed by atoms with Gasteiger partial charge in [-0.15, -0.1) is 0 Å². The Hall–Kier alpha value is -3.08. The first kappa shape index (κ1) is 19.9. The highest BCUT2D eigenvalue weighted by atomic mass is 16.5. The number of carbonyl (C=O) groups is 1. The van der Waals surface area contributed by atoms with Gasteiger partial charge >= 0.3 is 0 Å². The third-order valence-electron chi connectivity index (χ3n) is 6.61. The number of ether oxygens (including phenoxy) is 1. The van der Waals surface area contributed by atoms with Crippen LogP contribution in [-0.2, 0) is 13.0 Å². The van der Waals surface area contributed by atoms with Gasteiger partial charge in [-0.3, -0.25) is 4.79 Å². The maximum Gasteiger partial charge on any atom is 0.274 e. The van der Waals surface area contributed by atoms with Crippen LogP contribution >= 0.6 is 0 Å². The lowest BCUT2D eigenvalue weighted by Crippen LogP contribution is -2.38. The summed E-state index contributed by atoms with van der Waals surface area (Å²) >= 11 is 0. The van der Waals surface area contributed by atoms with Gasteiger partial charge in [-0.05, 0) is 55.0 Å². The van der Waals surface area contributed by atoms with Crippen LogP contribution in [0.15, 0.2) is 60.8 Å². The Balaban J connectivity index is 1.25. The molecule has 5 nitrogen and oxygen atoms in total. The van der Waals surface area contributed by atoms with E-state index >= 15 is 0 Å². The smallest absolute Gasteiger partial charge is 0.274 e. The number of hydrogen-bond acceptors (Lipinski definition) is 3. The number of hydrogen-bond donors (Lipinski definition) is 0. The molecule has 2 aliphatic heterocycles. The zero-order valence-corrected chi connectivity index (χ0v) is 18.0. The van der Waals surface area contributed by atoms with Crippen LogP contribution < -0.4 is 4.74 Å². The lowest BCUT2D eigenvalue weighted by atomic mass is 9.91. The second-order valence-corrected chi connectivity index (χ2v) is 8.89. The number of para-hydroxylation sites is 1. The van der Waals surface area contributed by atoms with E-state index in [-0.39, 0.29) is 5.91 Å². The standard InChI is InChI=1S/C26H29N3O2/c1-19-13-15-28(16-14-19)26(30)24-18-29-17-21(9-12-25(29)27-24)20-7-10-23(11-8-20)31-22-5-3-2-4-6-22/h2-8,10-11,18-19,21H,9,12-17H2,1H3/t21-/m1/s1. The van der Waals surface area contributed by atoms with Crippen LogP contribution in [0.5, 0.6) is 11.5 Å². The SMILES string of the molecule is CC1CCN(C(=O)c2cn3c(n2)CC[C@@H](c2ccc(Oc4ccccc4)cc2)C3)CC1. The van der Waals surface area contributed by atoms with Gasteiger partial charge in [-0.25, -0.2) is 4.98 Å².